The fraction of sp³-hybridized carbons (Fsp3) is 0.250. The fourth-order valence-corrected chi connectivity index (χ4v) is 5.31. The van der Waals surface area contributed by atoms with Gasteiger partial charge in [-0.25, -0.2) is 13.4 Å². The number of primary amides is 1. The molecule has 1 atom stereocenters. The van der Waals surface area contributed by atoms with Crippen LogP contribution in [-0.2, 0) is 14.8 Å². The van der Waals surface area contributed by atoms with E-state index in [1.807, 2.05) is 0 Å². The van der Waals surface area contributed by atoms with Crippen molar-refractivity contribution in [1.82, 2.24) is 9.29 Å². The van der Waals surface area contributed by atoms with E-state index in [0.717, 1.165) is 0 Å². The number of hydrogen-bond donors (Lipinski definition) is 1. The van der Waals surface area contributed by atoms with Crippen LogP contribution in [0.4, 0.5) is 0 Å². The number of sulfonamides is 1. The molecule has 3 rings (SSSR count). The van der Waals surface area contributed by atoms with Gasteiger partial charge in [-0.05, 0) is 30.3 Å². The molecular weight excluding hydrogens is 362 g/mol. The molecule has 0 aliphatic carbocycles. The molecule has 9 heteroatoms. The van der Waals surface area contributed by atoms with Crippen molar-refractivity contribution in [3.63, 3.8) is 0 Å². The van der Waals surface area contributed by atoms with Crippen molar-refractivity contribution in [3.05, 3.63) is 48.7 Å². The predicted octanol–water partition coefficient (Wildman–Crippen LogP) is 1.47. The highest BCUT2D eigenvalue weighted by Gasteiger charge is 2.36. The summed E-state index contributed by atoms with van der Waals surface area (Å²) in [6.45, 7) is 0.257. The first-order chi connectivity index (χ1) is 12.0. The molecule has 0 radical (unpaired) electrons. The lowest BCUT2D eigenvalue weighted by molar-refractivity contribution is -0.121. The van der Waals surface area contributed by atoms with Crippen molar-refractivity contribution in [2.75, 3.05) is 18.1 Å². The number of aromatic nitrogens is 1. The molecule has 7 nitrogen and oxygen atoms in total. The third kappa shape index (κ3) is 3.94. The van der Waals surface area contributed by atoms with Crippen molar-refractivity contribution < 1.29 is 17.9 Å². The summed E-state index contributed by atoms with van der Waals surface area (Å²) in [7, 11) is -3.80. The van der Waals surface area contributed by atoms with Crippen LogP contribution in [0.3, 0.4) is 0 Å². The maximum atomic E-state index is 12.8. The van der Waals surface area contributed by atoms with Crippen molar-refractivity contribution in [1.29, 1.82) is 0 Å². The fourth-order valence-electron chi connectivity index (χ4n) is 2.44. The van der Waals surface area contributed by atoms with Gasteiger partial charge in [0, 0.05) is 30.3 Å². The maximum Gasteiger partial charge on any atom is 0.243 e. The van der Waals surface area contributed by atoms with Crippen LogP contribution in [0.5, 0.6) is 11.6 Å². The van der Waals surface area contributed by atoms with Crippen LogP contribution in [0.1, 0.15) is 0 Å². The van der Waals surface area contributed by atoms with E-state index in [9.17, 15) is 13.2 Å². The second kappa shape index (κ2) is 7.42. The Bertz CT molecular complexity index is 841. The average molecular weight is 379 g/mol. The first kappa shape index (κ1) is 17.7. The van der Waals surface area contributed by atoms with E-state index >= 15 is 0 Å². The summed E-state index contributed by atoms with van der Waals surface area (Å²) in [5, 5.41) is 0. The number of benzene rings is 1. The SMILES string of the molecule is NC(=O)C1CSCCN1S(=O)(=O)c1ccc(Oc2ccccn2)cc1. The largest absolute Gasteiger partial charge is 0.439 e. The zero-order chi connectivity index (χ0) is 17.9. The summed E-state index contributed by atoms with van der Waals surface area (Å²) in [6.07, 6.45) is 1.60. The minimum absolute atomic E-state index is 0.0963. The van der Waals surface area contributed by atoms with Crippen molar-refractivity contribution in [3.8, 4) is 11.6 Å². The van der Waals surface area contributed by atoms with Crippen LogP contribution >= 0.6 is 11.8 Å². The van der Waals surface area contributed by atoms with Crippen LogP contribution in [0.15, 0.2) is 53.6 Å². The molecule has 1 amide bonds. The van der Waals surface area contributed by atoms with Gasteiger partial charge in [-0.3, -0.25) is 4.79 Å². The molecular formula is C16H17N3O4S2. The van der Waals surface area contributed by atoms with Crippen LogP contribution in [0.25, 0.3) is 0 Å². The second-order valence-electron chi connectivity index (χ2n) is 5.35. The number of rotatable bonds is 5. The third-order valence-electron chi connectivity index (χ3n) is 3.70. The van der Waals surface area contributed by atoms with Gasteiger partial charge in [0.05, 0.1) is 4.90 Å². The van der Waals surface area contributed by atoms with Gasteiger partial charge in [0.25, 0.3) is 0 Å². The van der Waals surface area contributed by atoms with Crippen LogP contribution in [-0.4, -0.2) is 47.7 Å². The number of carbonyl (C=O) groups excluding carboxylic acids is 1. The van der Waals surface area contributed by atoms with Gasteiger partial charge in [0.1, 0.15) is 11.8 Å². The average Bonchev–Trinajstić information content (AvgIpc) is 2.63. The number of nitrogens with zero attached hydrogens (tertiary/aromatic N) is 2. The minimum atomic E-state index is -3.80. The van der Waals surface area contributed by atoms with Gasteiger partial charge in [0.2, 0.25) is 21.8 Å². The number of pyridine rings is 1. The standard InChI is InChI=1S/C16H17N3O4S2/c17-16(20)14-11-24-10-9-19(14)25(21,22)13-6-4-12(5-7-13)23-15-3-1-2-8-18-15/h1-8,14H,9-11H2,(H2,17,20). The Morgan fingerprint density at radius 3 is 2.64 bits per heavy atom. The van der Waals surface area contributed by atoms with Gasteiger partial charge in [0.15, 0.2) is 0 Å². The number of nitrogens with two attached hydrogens (primary N) is 1. The van der Waals surface area contributed by atoms with Gasteiger partial charge in [-0.2, -0.15) is 16.1 Å². The highest BCUT2D eigenvalue weighted by molar-refractivity contribution is 7.99. The van der Waals surface area contributed by atoms with E-state index in [1.54, 1.807) is 36.5 Å². The van der Waals surface area contributed by atoms with Gasteiger partial charge in [-0.1, -0.05) is 6.07 Å². The van der Waals surface area contributed by atoms with Crippen molar-refractivity contribution >= 4 is 27.7 Å². The van der Waals surface area contributed by atoms with E-state index in [4.69, 9.17) is 10.5 Å². The second-order valence-corrected chi connectivity index (χ2v) is 8.39. The molecule has 2 heterocycles. The smallest absolute Gasteiger partial charge is 0.243 e. The maximum absolute atomic E-state index is 12.8. The van der Waals surface area contributed by atoms with Gasteiger partial charge in [-0.15, -0.1) is 0 Å². The molecule has 1 aliphatic rings. The lowest BCUT2D eigenvalue weighted by Crippen LogP contribution is -2.52. The molecule has 1 aromatic heterocycles. The Balaban J connectivity index is 1.81. The van der Waals surface area contributed by atoms with Crippen LogP contribution in [0, 0.1) is 0 Å². The first-order valence-electron chi connectivity index (χ1n) is 7.56. The van der Waals surface area contributed by atoms with Crippen molar-refractivity contribution in [2.45, 2.75) is 10.9 Å². The van der Waals surface area contributed by atoms with Crippen molar-refractivity contribution in [2.24, 2.45) is 5.73 Å². The van der Waals surface area contributed by atoms with Crippen LogP contribution in [0.2, 0.25) is 0 Å². The van der Waals surface area contributed by atoms with Crippen LogP contribution < -0.4 is 10.5 Å². The molecule has 132 valence electrons. The van der Waals surface area contributed by atoms with E-state index in [-0.39, 0.29) is 11.4 Å². The number of amides is 1. The summed E-state index contributed by atoms with van der Waals surface area (Å²) in [4.78, 5) is 15.7. The topological polar surface area (TPSA) is 103 Å². The van der Waals surface area contributed by atoms with Gasteiger partial charge < -0.3 is 10.5 Å². The molecule has 0 saturated carbocycles. The molecule has 0 spiro atoms. The quantitative estimate of drug-likeness (QED) is 0.844. The zero-order valence-corrected chi connectivity index (χ0v) is 14.9. The molecule has 1 fully saturated rings. The molecule has 1 aromatic carbocycles. The Morgan fingerprint density at radius 1 is 1.24 bits per heavy atom. The van der Waals surface area contributed by atoms with E-state index in [1.165, 1.54) is 28.2 Å². The normalized spacial score (nSPS) is 18.6. The summed E-state index contributed by atoms with van der Waals surface area (Å²) in [5.41, 5.74) is 5.36. The molecule has 2 aromatic rings. The predicted molar refractivity (Wildman–Crippen MR) is 95.0 cm³/mol. The molecule has 2 N–H and O–H groups in total. The van der Waals surface area contributed by atoms with E-state index < -0.39 is 22.0 Å². The lowest BCUT2D eigenvalue weighted by atomic mass is 10.3. The number of carbonyl (C=O) groups is 1. The lowest BCUT2D eigenvalue weighted by Gasteiger charge is -2.32. The Labute approximate surface area is 150 Å². The molecule has 25 heavy (non-hydrogen) atoms. The summed E-state index contributed by atoms with van der Waals surface area (Å²) < 4.78 is 32.4. The van der Waals surface area contributed by atoms with E-state index in [2.05, 4.69) is 4.98 Å². The number of ether oxygens (including phenoxy) is 1. The Morgan fingerprint density at radius 2 is 2.00 bits per heavy atom. The minimum Gasteiger partial charge on any atom is -0.439 e. The zero-order valence-electron chi connectivity index (χ0n) is 13.2. The first-order valence-corrected chi connectivity index (χ1v) is 10.2. The monoisotopic (exact) mass is 379 g/mol. The third-order valence-corrected chi connectivity index (χ3v) is 6.64. The summed E-state index contributed by atoms with van der Waals surface area (Å²) >= 11 is 1.52. The molecule has 1 unspecified atom stereocenters. The summed E-state index contributed by atoms with van der Waals surface area (Å²) in [6, 6.07) is 10.5. The highest BCUT2D eigenvalue weighted by atomic mass is 32.2. The number of thioether (sulfide) groups is 1. The van der Waals surface area contributed by atoms with Gasteiger partial charge >= 0.3 is 0 Å². The Kier molecular flexibility index (Phi) is 5.26. The molecule has 1 saturated heterocycles. The Hall–Kier alpha value is -2.10. The molecule has 0 bridgehead atoms. The van der Waals surface area contributed by atoms with E-state index in [0.29, 0.717) is 23.1 Å². The molecule has 1 aliphatic heterocycles. The highest BCUT2D eigenvalue weighted by Crippen LogP contribution is 2.27. The summed E-state index contributed by atoms with van der Waals surface area (Å²) in [5.74, 6) is 1.25. The number of hydrogen-bond acceptors (Lipinski definition) is 6.